The number of benzene rings is 1. The van der Waals surface area contributed by atoms with Crippen LogP contribution >= 0.6 is 0 Å². The molecule has 1 fully saturated rings. The minimum atomic E-state index is -0.882. The number of hydrogen-bond acceptors (Lipinski definition) is 3. The van der Waals surface area contributed by atoms with Crippen molar-refractivity contribution in [2.75, 3.05) is 0 Å². The number of oxazole rings is 1. The molecule has 2 aromatic rings. The van der Waals surface area contributed by atoms with Gasteiger partial charge in [-0.15, -0.1) is 0 Å². The molecule has 0 amide bonds. The molecule has 4 heteroatoms. The maximum Gasteiger partial charge on any atom is 0.319 e. The lowest BCUT2D eigenvalue weighted by molar-refractivity contribution is -0.148. The molecule has 4 nitrogen and oxygen atoms in total. The second-order valence-corrected chi connectivity index (χ2v) is 4.73. The Labute approximate surface area is 98.3 Å². The smallest absolute Gasteiger partial charge is 0.319 e. The summed E-state index contributed by atoms with van der Waals surface area (Å²) >= 11 is 0. The average Bonchev–Trinajstić information content (AvgIpc) is 2.57. The highest BCUT2D eigenvalue weighted by molar-refractivity contribution is 5.83. The van der Waals surface area contributed by atoms with Crippen molar-refractivity contribution in [2.24, 2.45) is 0 Å². The second kappa shape index (κ2) is 3.32. The van der Waals surface area contributed by atoms with Gasteiger partial charge in [-0.3, -0.25) is 4.79 Å². The van der Waals surface area contributed by atoms with Gasteiger partial charge in [-0.2, -0.15) is 0 Å². The molecule has 1 aromatic heterocycles. The average molecular weight is 231 g/mol. The third-order valence-electron chi connectivity index (χ3n) is 3.57. The van der Waals surface area contributed by atoms with Gasteiger partial charge in [-0.1, -0.05) is 12.5 Å². The van der Waals surface area contributed by atoms with Crippen LogP contribution in [-0.2, 0) is 10.2 Å². The van der Waals surface area contributed by atoms with Crippen molar-refractivity contribution in [1.29, 1.82) is 0 Å². The van der Waals surface area contributed by atoms with E-state index in [0.717, 1.165) is 17.5 Å². The van der Waals surface area contributed by atoms with E-state index in [9.17, 15) is 9.90 Å². The third kappa shape index (κ3) is 1.37. The molecule has 1 heterocycles. The molecule has 1 aliphatic rings. The summed E-state index contributed by atoms with van der Waals surface area (Å²) in [5, 5.41) is 9.32. The van der Waals surface area contributed by atoms with E-state index in [4.69, 9.17) is 4.42 Å². The minimum Gasteiger partial charge on any atom is -0.480 e. The van der Waals surface area contributed by atoms with E-state index in [1.807, 2.05) is 25.1 Å². The zero-order valence-corrected chi connectivity index (χ0v) is 9.56. The topological polar surface area (TPSA) is 63.3 Å². The Bertz CT molecular complexity index is 596. The van der Waals surface area contributed by atoms with Crippen LogP contribution in [0.5, 0.6) is 0 Å². The van der Waals surface area contributed by atoms with E-state index in [-0.39, 0.29) is 0 Å². The first-order valence-corrected chi connectivity index (χ1v) is 5.73. The molecule has 0 atom stereocenters. The van der Waals surface area contributed by atoms with E-state index >= 15 is 0 Å². The summed E-state index contributed by atoms with van der Waals surface area (Å²) < 4.78 is 5.63. The van der Waals surface area contributed by atoms with Gasteiger partial charge in [0.05, 0.1) is 0 Å². The Morgan fingerprint density at radius 1 is 1.47 bits per heavy atom. The summed E-state index contributed by atoms with van der Waals surface area (Å²) in [7, 11) is 0. The number of hydrogen-bond donors (Lipinski definition) is 1. The molecule has 0 aliphatic heterocycles. The van der Waals surface area contributed by atoms with Crippen LogP contribution in [0.1, 0.15) is 30.7 Å². The zero-order chi connectivity index (χ0) is 12.0. The van der Waals surface area contributed by atoms with E-state index < -0.39 is 11.4 Å². The van der Waals surface area contributed by atoms with Gasteiger partial charge >= 0.3 is 5.97 Å². The third-order valence-corrected chi connectivity index (χ3v) is 3.57. The van der Waals surface area contributed by atoms with Gasteiger partial charge in [0, 0.05) is 0 Å². The minimum absolute atomic E-state index is 0.358. The number of carboxylic acids is 1. The van der Waals surface area contributed by atoms with E-state index in [1.54, 1.807) is 0 Å². The quantitative estimate of drug-likeness (QED) is 0.862. The Balaban J connectivity index is 2.14. The fraction of sp³-hybridized carbons (Fsp3) is 0.385. The van der Waals surface area contributed by atoms with Gasteiger partial charge in [-0.05, 0) is 37.5 Å². The standard InChI is InChI=1S/C13H13NO3/c1-8-3-4-9-10(7-8)17-11(14-9)13(12(15)16)5-2-6-13/h3-4,7H,2,5-6H2,1H3,(H,15,16). The van der Waals surface area contributed by atoms with Crippen LogP contribution in [0.3, 0.4) is 0 Å². The maximum absolute atomic E-state index is 11.3. The van der Waals surface area contributed by atoms with Crippen LogP contribution in [0.2, 0.25) is 0 Å². The summed E-state index contributed by atoms with van der Waals surface area (Å²) in [4.78, 5) is 15.7. The van der Waals surface area contributed by atoms with E-state index in [0.29, 0.717) is 24.3 Å². The van der Waals surface area contributed by atoms with E-state index in [2.05, 4.69) is 4.98 Å². The fourth-order valence-electron chi connectivity index (χ4n) is 2.29. The molecule has 1 aromatic carbocycles. The monoisotopic (exact) mass is 231 g/mol. The summed E-state index contributed by atoms with van der Waals surface area (Å²) in [6.45, 7) is 1.97. The molecule has 17 heavy (non-hydrogen) atoms. The lowest BCUT2D eigenvalue weighted by Gasteiger charge is -2.34. The van der Waals surface area contributed by atoms with Gasteiger partial charge in [0.1, 0.15) is 10.9 Å². The number of rotatable bonds is 2. The lowest BCUT2D eigenvalue weighted by atomic mass is 9.68. The summed E-state index contributed by atoms with van der Waals surface area (Å²) in [6, 6.07) is 5.70. The van der Waals surface area contributed by atoms with Crippen molar-refractivity contribution in [1.82, 2.24) is 4.98 Å². The van der Waals surface area contributed by atoms with Crippen molar-refractivity contribution in [3.63, 3.8) is 0 Å². The highest BCUT2D eigenvalue weighted by Crippen LogP contribution is 2.44. The Hall–Kier alpha value is -1.84. The molecular weight excluding hydrogens is 218 g/mol. The number of carbonyl (C=O) groups is 1. The number of fused-ring (bicyclic) bond motifs is 1. The molecule has 0 bridgehead atoms. The van der Waals surface area contributed by atoms with Crippen LogP contribution in [0.4, 0.5) is 0 Å². The largest absolute Gasteiger partial charge is 0.480 e. The fourth-order valence-corrected chi connectivity index (χ4v) is 2.29. The normalized spacial score (nSPS) is 17.9. The molecule has 1 aliphatic carbocycles. The Morgan fingerprint density at radius 2 is 2.24 bits per heavy atom. The maximum atomic E-state index is 11.3. The van der Waals surface area contributed by atoms with Gasteiger partial charge in [-0.25, -0.2) is 4.98 Å². The van der Waals surface area contributed by atoms with Gasteiger partial charge in [0.25, 0.3) is 0 Å². The SMILES string of the molecule is Cc1ccc2nc(C3(C(=O)O)CCC3)oc2c1. The molecule has 88 valence electrons. The molecule has 3 rings (SSSR count). The first kappa shape index (κ1) is 10.3. The summed E-state index contributed by atoms with van der Waals surface area (Å²) in [5.74, 6) is -0.469. The molecule has 0 spiro atoms. The first-order valence-electron chi connectivity index (χ1n) is 5.73. The van der Waals surface area contributed by atoms with Gasteiger partial charge in [0.2, 0.25) is 5.89 Å². The predicted molar refractivity (Wildman–Crippen MR) is 61.9 cm³/mol. The van der Waals surface area contributed by atoms with Crippen LogP contribution < -0.4 is 0 Å². The summed E-state index contributed by atoms with van der Waals surface area (Å²) in [6.07, 6.45) is 2.16. The van der Waals surface area contributed by atoms with Crippen LogP contribution in [0.25, 0.3) is 11.1 Å². The van der Waals surface area contributed by atoms with Crippen molar-refractivity contribution < 1.29 is 14.3 Å². The van der Waals surface area contributed by atoms with Gasteiger partial charge in [0.15, 0.2) is 5.58 Å². The number of aromatic nitrogens is 1. The first-order chi connectivity index (χ1) is 8.12. The second-order valence-electron chi connectivity index (χ2n) is 4.73. The van der Waals surface area contributed by atoms with Gasteiger partial charge < -0.3 is 9.52 Å². The molecular formula is C13H13NO3. The van der Waals surface area contributed by atoms with Crippen LogP contribution in [0, 0.1) is 6.92 Å². The number of nitrogens with zero attached hydrogens (tertiary/aromatic N) is 1. The molecule has 0 unspecified atom stereocenters. The number of carboxylic acid groups (broad SMARTS) is 1. The number of aliphatic carboxylic acids is 1. The molecule has 1 saturated carbocycles. The van der Waals surface area contributed by atoms with Crippen LogP contribution in [-0.4, -0.2) is 16.1 Å². The lowest BCUT2D eigenvalue weighted by Crippen LogP contribution is -2.42. The molecule has 0 radical (unpaired) electrons. The van der Waals surface area contributed by atoms with E-state index in [1.165, 1.54) is 0 Å². The molecule has 0 saturated heterocycles. The van der Waals surface area contributed by atoms with Crippen molar-refractivity contribution in [3.8, 4) is 0 Å². The van der Waals surface area contributed by atoms with Crippen molar-refractivity contribution in [3.05, 3.63) is 29.7 Å². The highest BCUT2D eigenvalue weighted by atomic mass is 16.4. The van der Waals surface area contributed by atoms with Crippen molar-refractivity contribution >= 4 is 17.1 Å². The van der Waals surface area contributed by atoms with Crippen LogP contribution in [0.15, 0.2) is 22.6 Å². The summed E-state index contributed by atoms with van der Waals surface area (Å²) in [5.41, 5.74) is 1.61. The van der Waals surface area contributed by atoms with Crippen molar-refractivity contribution in [2.45, 2.75) is 31.6 Å². The number of aryl methyl sites for hydroxylation is 1. The molecule has 1 N–H and O–H groups in total. The predicted octanol–water partition coefficient (Wildman–Crippen LogP) is 2.64. The highest BCUT2D eigenvalue weighted by Gasteiger charge is 2.50. The Morgan fingerprint density at radius 3 is 2.82 bits per heavy atom. The Kier molecular flexibility index (Phi) is 2.02. The zero-order valence-electron chi connectivity index (χ0n) is 9.56.